The highest BCUT2D eigenvalue weighted by Gasteiger charge is 2.27. The van der Waals surface area contributed by atoms with E-state index < -0.39 is 12.1 Å². The fourth-order valence-corrected chi connectivity index (χ4v) is 3.81. The normalized spacial score (nSPS) is 13.3. The Balaban J connectivity index is 1.54. The van der Waals surface area contributed by atoms with Crippen LogP contribution in [0.2, 0.25) is 5.02 Å². The van der Waals surface area contributed by atoms with Crippen molar-refractivity contribution in [3.05, 3.63) is 94.5 Å². The quantitative estimate of drug-likeness (QED) is 0.322. The number of benzene rings is 3. The minimum Gasteiger partial charge on any atom is -0.488 e. The third-order valence-electron chi connectivity index (χ3n) is 5.42. The van der Waals surface area contributed by atoms with Gasteiger partial charge in [0.1, 0.15) is 30.3 Å². The Morgan fingerprint density at radius 1 is 0.857 bits per heavy atom. The van der Waals surface area contributed by atoms with Crippen LogP contribution in [0.4, 0.5) is 4.79 Å². The van der Waals surface area contributed by atoms with Gasteiger partial charge in [-0.25, -0.2) is 9.59 Å². The van der Waals surface area contributed by atoms with Gasteiger partial charge in [0, 0.05) is 19.0 Å². The van der Waals surface area contributed by atoms with Crippen molar-refractivity contribution in [2.45, 2.75) is 26.1 Å². The SMILES string of the molecule is O=C1CCCN(C(=O)OC(=O)c2cc(Cl)c(OCc3ccccc3)cc2OCc2ccccc2)C1. The Morgan fingerprint density at radius 2 is 1.46 bits per heavy atom. The number of piperidine rings is 1. The highest BCUT2D eigenvalue weighted by molar-refractivity contribution is 6.32. The Labute approximate surface area is 208 Å². The number of ketones is 1. The third kappa shape index (κ3) is 6.61. The van der Waals surface area contributed by atoms with Crippen LogP contribution in [-0.2, 0) is 22.7 Å². The van der Waals surface area contributed by atoms with Crippen LogP contribution in [0.5, 0.6) is 11.5 Å². The van der Waals surface area contributed by atoms with Crippen LogP contribution in [0.1, 0.15) is 34.3 Å². The van der Waals surface area contributed by atoms with Crippen molar-refractivity contribution in [3.8, 4) is 11.5 Å². The van der Waals surface area contributed by atoms with Gasteiger partial charge in [0.25, 0.3) is 0 Å². The molecule has 3 aromatic rings. The summed E-state index contributed by atoms with van der Waals surface area (Å²) in [5.74, 6) is -0.514. The van der Waals surface area contributed by atoms with Crippen molar-refractivity contribution >= 4 is 29.4 Å². The minimum atomic E-state index is -0.924. The van der Waals surface area contributed by atoms with E-state index in [0.717, 1.165) is 11.1 Å². The highest BCUT2D eigenvalue weighted by Crippen LogP contribution is 2.34. The molecule has 0 aliphatic carbocycles. The predicted octanol–water partition coefficient (Wildman–Crippen LogP) is 5.44. The summed E-state index contributed by atoms with van der Waals surface area (Å²) in [4.78, 5) is 38.3. The summed E-state index contributed by atoms with van der Waals surface area (Å²) in [6, 6.07) is 21.8. The van der Waals surface area contributed by atoms with Crippen molar-refractivity contribution in [1.29, 1.82) is 0 Å². The molecule has 0 spiro atoms. The number of rotatable bonds is 7. The van der Waals surface area contributed by atoms with E-state index in [2.05, 4.69) is 0 Å². The summed E-state index contributed by atoms with van der Waals surface area (Å²) in [7, 11) is 0. The fourth-order valence-electron chi connectivity index (χ4n) is 3.59. The molecule has 1 aliphatic heterocycles. The lowest BCUT2D eigenvalue weighted by atomic mass is 10.1. The fraction of sp³-hybridized carbons (Fsp3) is 0.222. The summed E-state index contributed by atoms with van der Waals surface area (Å²) >= 11 is 6.40. The van der Waals surface area contributed by atoms with Gasteiger partial charge in [-0.2, -0.15) is 0 Å². The van der Waals surface area contributed by atoms with Crippen LogP contribution >= 0.6 is 11.6 Å². The summed E-state index contributed by atoms with van der Waals surface area (Å²) in [6.07, 6.45) is 0.0693. The first-order chi connectivity index (χ1) is 17.0. The molecular weight excluding hydrogens is 470 g/mol. The van der Waals surface area contributed by atoms with Crippen molar-refractivity contribution < 1.29 is 28.6 Å². The second kappa shape index (κ2) is 11.5. The smallest absolute Gasteiger partial charge is 0.418 e. The molecule has 3 aromatic carbocycles. The monoisotopic (exact) mass is 493 g/mol. The van der Waals surface area contributed by atoms with Crippen LogP contribution in [0, 0.1) is 0 Å². The maximum absolute atomic E-state index is 12.9. The van der Waals surface area contributed by atoms with Crippen molar-refractivity contribution in [2.24, 2.45) is 0 Å². The van der Waals surface area contributed by atoms with Gasteiger partial charge in [0.05, 0.1) is 11.6 Å². The number of Topliss-reactive ketones (excluding diaryl/α,β-unsaturated/α-hetero) is 1. The third-order valence-corrected chi connectivity index (χ3v) is 5.71. The van der Waals surface area contributed by atoms with Crippen LogP contribution in [0.15, 0.2) is 72.8 Å². The number of ether oxygens (including phenoxy) is 3. The van der Waals surface area contributed by atoms with Gasteiger partial charge in [-0.1, -0.05) is 72.3 Å². The second-order valence-corrected chi connectivity index (χ2v) is 8.45. The van der Waals surface area contributed by atoms with E-state index in [0.29, 0.717) is 25.1 Å². The predicted molar refractivity (Wildman–Crippen MR) is 130 cm³/mol. The van der Waals surface area contributed by atoms with Crippen molar-refractivity contribution in [3.63, 3.8) is 0 Å². The zero-order valence-electron chi connectivity index (χ0n) is 18.9. The zero-order valence-corrected chi connectivity index (χ0v) is 19.7. The molecule has 0 saturated carbocycles. The lowest BCUT2D eigenvalue weighted by Gasteiger charge is -2.24. The molecule has 1 saturated heterocycles. The molecule has 4 rings (SSSR count). The van der Waals surface area contributed by atoms with Crippen LogP contribution in [0.25, 0.3) is 0 Å². The van der Waals surface area contributed by atoms with E-state index in [1.807, 2.05) is 60.7 Å². The molecule has 1 amide bonds. The molecule has 0 radical (unpaired) electrons. The van der Waals surface area contributed by atoms with Gasteiger partial charge in [0.2, 0.25) is 0 Å². The largest absolute Gasteiger partial charge is 0.488 e. The molecule has 0 N–H and O–H groups in total. The van der Waals surface area contributed by atoms with E-state index >= 15 is 0 Å². The number of esters is 1. The number of likely N-dealkylation sites (tertiary alicyclic amines) is 1. The summed E-state index contributed by atoms with van der Waals surface area (Å²) < 4.78 is 16.8. The first kappa shape index (κ1) is 24.3. The summed E-state index contributed by atoms with van der Waals surface area (Å²) in [6.45, 7) is 0.720. The number of hydrogen-bond acceptors (Lipinski definition) is 6. The number of amides is 1. The number of nitrogens with zero attached hydrogens (tertiary/aromatic N) is 1. The lowest BCUT2D eigenvalue weighted by Crippen LogP contribution is -2.41. The molecule has 1 heterocycles. The highest BCUT2D eigenvalue weighted by atomic mass is 35.5. The molecule has 8 heteroatoms. The maximum atomic E-state index is 12.9. The van der Waals surface area contributed by atoms with E-state index in [1.165, 1.54) is 17.0 Å². The van der Waals surface area contributed by atoms with Gasteiger partial charge >= 0.3 is 12.1 Å². The Morgan fingerprint density at radius 3 is 2.06 bits per heavy atom. The number of halogens is 1. The molecule has 0 unspecified atom stereocenters. The Kier molecular flexibility index (Phi) is 8.00. The molecule has 0 atom stereocenters. The van der Waals surface area contributed by atoms with Gasteiger partial charge in [-0.05, 0) is 23.6 Å². The van der Waals surface area contributed by atoms with Gasteiger partial charge in [-0.15, -0.1) is 0 Å². The van der Waals surface area contributed by atoms with Crippen molar-refractivity contribution in [2.75, 3.05) is 13.1 Å². The molecule has 1 fully saturated rings. The molecule has 7 nitrogen and oxygen atoms in total. The number of carbonyl (C=O) groups excluding carboxylic acids is 3. The van der Waals surface area contributed by atoms with E-state index in [4.69, 9.17) is 25.8 Å². The zero-order chi connectivity index (χ0) is 24.6. The summed E-state index contributed by atoms with van der Waals surface area (Å²) in [5, 5.41) is 0.167. The molecule has 35 heavy (non-hydrogen) atoms. The Hall–Kier alpha value is -3.84. The number of carbonyl (C=O) groups is 3. The van der Waals surface area contributed by atoms with E-state index in [9.17, 15) is 14.4 Å². The van der Waals surface area contributed by atoms with Gasteiger partial charge < -0.3 is 19.1 Å². The lowest BCUT2D eigenvalue weighted by molar-refractivity contribution is -0.121. The van der Waals surface area contributed by atoms with Crippen molar-refractivity contribution in [1.82, 2.24) is 4.90 Å². The van der Waals surface area contributed by atoms with Gasteiger partial charge in [-0.3, -0.25) is 4.79 Å². The molecular formula is C27H24ClNO6. The minimum absolute atomic E-state index is 0.0188. The second-order valence-electron chi connectivity index (χ2n) is 8.05. The number of hydrogen-bond donors (Lipinski definition) is 0. The van der Waals surface area contributed by atoms with Crippen LogP contribution in [0.3, 0.4) is 0 Å². The van der Waals surface area contributed by atoms with Gasteiger partial charge in [0.15, 0.2) is 5.78 Å². The first-order valence-corrected chi connectivity index (χ1v) is 11.6. The van der Waals surface area contributed by atoms with Crippen LogP contribution < -0.4 is 9.47 Å². The molecule has 1 aliphatic rings. The average molecular weight is 494 g/mol. The molecule has 0 aromatic heterocycles. The van der Waals surface area contributed by atoms with Crippen LogP contribution in [-0.4, -0.2) is 35.8 Å². The standard InChI is InChI=1S/C27H24ClNO6/c28-23-14-22(26(31)35-27(32)29-13-7-12-21(30)16-29)24(33-17-19-8-3-1-4-9-19)15-25(23)34-18-20-10-5-2-6-11-20/h1-6,8-11,14-15H,7,12-13,16-18H2. The molecule has 180 valence electrons. The van der Waals surface area contributed by atoms with E-state index in [-0.39, 0.29) is 41.9 Å². The first-order valence-electron chi connectivity index (χ1n) is 11.2. The topological polar surface area (TPSA) is 82.1 Å². The van der Waals surface area contributed by atoms with E-state index in [1.54, 1.807) is 0 Å². The average Bonchev–Trinajstić information content (AvgIpc) is 2.88. The Bertz CT molecular complexity index is 1200. The molecule has 0 bridgehead atoms. The summed E-state index contributed by atoms with van der Waals surface area (Å²) in [5.41, 5.74) is 1.81. The maximum Gasteiger partial charge on any atom is 0.418 e.